The van der Waals surface area contributed by atoms with E-state index in [0.717, 1.165) is 16.6 Å². The number of aromatic nitrogens is 2. The van der Waals surface area contributed by atoms with Crippen LogP contribution in [0.3, 0.4) is 0 Å². The number of nitrogens with zero attached hydrogens (tertiary/aromatic N) is 1. The number of hydrogen-bond acceptors (Lipinski definition) is 5. The van der Waals surface area contributed by atoms with E-state index in [1.165, 1.54) is 0 Å². The van der Waals surface area contributed by atoms with Gasteiger partial charge in [0.1, 0.15) is 18.1 Å². The molecule has 0 atom stereocenters. The Labute approximate surface area is 161 Å². The molecule has 2 heterocycles. The van der Waals surface area contributed by atoms with Gasteiger partial charge in [-0.3, -0.25) is 4.57 Å². The topological polar surface area (TPSA) is 82.6 Å². The molecular formula is C21H20N2O5. The molecule has 0 spiro atoms. The number of imidazole rings is 1. The highest BCUT2D eigenvalue weighted by molar-refractivity contribution is 5.95. The third-order valence-electron chi connectivity index (χ3n) is 4.64. The Balaban J connectivity index is 1.35. The van der Waals surface area contributed by atoms with Crippen molar-refractivity contribution in [2.24, 2.45) is 0 Å². The third kappa shape index (κ3) is 3.51. The Bertz CT molecular complexity index is 1110. The zero-order chi connectivity index (χ0) is 19.5. The van der Waals surface area contributed by atoms with Gasteiger partial charge in [0, 0.05) is 18.2 Å². The fraction of sp³-hybridized carbons (Fsp3) is 0.238. The second-order valence-electron chi connectivity index (χ2n) is 6.45. The molecule has 0 aliphatic carbocycles. The van der Waals surface area contributed by atoms with Crippen molar-refractivity contribution in [3.05, 3.63) is 64.1 Å². The summed E-state index contributed by atoms with van der Waals surface area (Å²) in [5, 5.41) is 0. The van der Waals surface area contributed by atoms with Crippen molar-refractivity contribution < 1.29 is 19.0 Å². The Morgan fingerprint density at radius 3 is 2.96 bits per heavy atom. The quantitative estimate of drug-likeness (QED) is 0.525. The molecule has 1 N–H and O–H groups in total. The molecule has 0 radical (unpaired) electrons. The van der Waals surface area contributed by atoms with Gasteiger partial charge < -0.3 is 19.2 Å². The molecule has 0 saturated heterocycles. The summed E-state index contributed by atoms with van der Waals surface area (Å²) in [6, 6.07) is 12.9. The van der Waals surface area contributed by atoms with E-state index in [-0.39, 0.29) is 18.9 Å². The number of para-hydroxylation sites is 2. The Morgan fingerprint density at radius 1 is 1.25 bits per heavy atom. The number of nitrogens with one attached hydrogen (secondary N) is 1. The van der Waals surface area contributed by atoms with E-state index in [1.54, 1.807) is 23.8 Å². The molecule has 0 amide bonds. The van der Waals surface area contributed by atoms with Gasteiger partial charge >= 0.3 is 11.7 Å². The van der Waals surface area contributed by atoms with Gasteiger partial charge in [0.15, 0.2) is 0 Å². The molecule has 1 aromatic heterocycles. The summed E-state index contributed by atoms with van der Waals surface area (Å²) in [6.45, 7) is 0.840. The lowest BCUT2D eigenvalue weighted by Gasteiger charge is -2.18. The zero-order valence-corrected chi connectivity index (χ0v) is 15.4. The molecule has 1 aliphatic rings. The van der Waals surface area contributed by atoms with Gasteiger partial charge in [0.2, 0.25) is 0 Å². The maximum absolute atomic E-state index is 12.3. The van der Waals surface area contributed by atoms with Crippen molar-refractivity contribution in [2.75, 3.05) is 20.3 Å². The number of esters is 1. The first-order valence-electron chi connectivity index (χ1n) is 9.02. The lowest BCUT2D eigenvalue weighted by atomic mass is 10.1. The van der Waals surface area contributed by atoms with Crippen LogP contribution in [0.25, 0.3) is 17.1 Å². The molecule has 0 unspecified atom stereocenters. The van der Waals surface area contributed by atoms with Crippen LogP contribution in [0.5, 0.6) is 11.5 Å². The summed E-state index contributed by atoms with van der Waals surface area (Å²) in [4.78, 5) is 27.2. The van der Waals surface area contributed by atoms with Gasteiger partial charge in [-0.2, -0.15) is 0 Å². The molecule has 0 fully saturated rings. The highest BCUT2D eigenvalue weighted by Crippen LogP contribution is 2.30. The first kappa shape index (κ1) is 17.9. The predicted molar refractivity (Wildman–Crippen MR) is 105 cm³/mol. The first-order chi connectivity index (χ1) is 13.7. The molecule has 2 aromatic carbocycles. The smallest absolute Gasteiger partial charge is 0.337 e. The highest BCUT2D eigenvalue weighted by atomic mass is 16.5. The molecule has 3 aromatic rings. The summed E-state index contributed by atoms with van der Waals surface area (Å²) >= 11 is 0. The van der Waals surface area contributed by atoms with Crippen LogP contribution >= 0.6 is 0 Å². The van der Waals surface area contributed by atoms with E-state index in [1.807, 2.05) is 36.4 Å². The van der Waals surface area contributed by atoms with Gasteiger partial charge in [-0.15, -0.1) is 0 Å². The zero-order valence-electron chi connectivity index (χ0n) is 15.4. The van der Waals surface area contributed by atoms with E-state index in [4.69, 9.17) is 14.2 Å². The SMILES string of the molecule is COc1ccc2c(c1)OCC(C(=O)OCCCn1c(=O)[nH]c3ccccc31)=C2. The molecule has 28 heavy (non-hydrogen) atoms. The fourth-order valence-corrected chi connectivity index (χ4v) is 3.20. The van der Waals surface area contributed by atoms with Crippen LogP contribution in [-0.2, 0) is 16.1 Å². The van der Waals surface area contributed by atoms with Crippen molar-refractivity contribution >= 4 is 23.1 Å². The van der Waals surface area contributed by atoms with E-state index in [2.05, 4.69) is 4.98 Å². The van der Waals surface area contributed by atoms with Gasteiger partial charge in [-0.1, -0.05) is 12.1 Å². The minimum absolute atomic E-state index is 0.154. The first-order valence-corrected chi connectivity index (χ1v) is 9.02. The average Bonchev–Trinajstić information content (AvgIpc) is 3.05. The molecule has 7 nitrogen and oxygen atoms in total. The number of methoxy groups -OCH3 is 1. The highest BCUT2D eigenvalue weighted by Gasteiger charge is 2.19. The van der Waals surface area contributed by atoms with Crippen LogP contribution in [0.1, 0.15) is 12.0 Å². The molecule has 1 aliphatic heterocycles. The van der Waals surface area contributed by atoms with Crippen molar-refractivity contribution in [3.8, 4) is 11.5 Å². The normalized spacial score (nSPS) is 12.8. The fourth-order valence-electron chi connectivity index (χ4n) is 3.20. The standard InChI is InChI=1S/C21H20N2O5/c1-26-16-8-7-14-11-15(13-28-19(14)12-16)20(24)27-10-4-9-23-18-6-3-2-5-17(18)22-21(23)25/h2-3,5-8,11-12H,4,9-10,13H2,1H3,(H,22,25). The van der Waals surface area contributed by atoms with E-state index >= 15 is 0 Å². The Kier molecular flexibility index (Phi) is 4.89. The number of benzene rings is 2. The predicted octanol–water partition coefficient (Wildman–Crippen LogP) is 2.75. The minimum Gasteiger partial charge on any atom is -0.497 e. The molecule has 0 saturated carbocycles. The third-order valence-corrected chi connectivity index (χ3v) is 4.64. The molecule has 4 rings (SSSR count). The summed E-state index contributed by atoms with van der Waals surface area (Å²) in [5.41, 5.74) is 2.74. The van der Waals surface area contributed by atoms with Crippen LogP contribution < -0.4 is 15.2 Å². The largest absolute Gasteiger partial charge is 0.497 e. The number of H-pyrrole nitrogens is 1. The van der Waals surface area contributed by atoms with Crippen LogP contribution in [0, 0.1) is 0 Å². The van der Waals surface area contributed by atoms with E-state index in [9.17, 15) is 9.59 Å². The lowest BCUT2D eigenvalue weighted by molar-refractivity contribution is -0.139. The maximum Gasteiger partial charge on any atom is 0.337 e. The van der Waals surface area contributed by atoms with Crippen LogP contribution in [-0.4, -0.2) is 35.8 Å². The summed E-state index contributed by atoms with van der Waals surface area (Å²) in [6.07, 6.45) is 2.31. The number of fused-ring (bicyclic) bond motifs is 2. The molecule has 144 valence electrons. The van der Waals surface area contributed by atoms with Crippen LogP contribution in [0.2, 0.25) is 0 Å². The number of aryl methyl sites for hydroxylation is 1. The molecule has 7 heteroatoms. The van der Waals surface area contributed by atoms with Crippen molar-refractivity contribution in [1.29, 1.82) is 0 Å². The number of aromatic amines is 1. The van der Waals surface area contributed by atoms with E-state index in [0.29, 0.717) is 30.0 Å². The number of ether oxygens (including phenoxy) is 3. The summed E-state index contributed by atoms with van der Waals surface area (Å²) in [7, 11) is 1.59. The van der Waals surface area contributed by atoms with Gasteiger partial charge in [-0.25, -0.2) is 9.59 Å². The lowest BCUT2D eigenvalue weighted by Crippen LogP contribution is -2.20. The van der Waals surface area contributed by atoms with Crippen LogP contribution in [0.15, 0.2) is 52.8 Å². The van der Waals surface area contributed by atoms with Crippen molar-refractivity contribution in [1.82, 2.24) is 9.55 Å². The second-order valence-corrected chi connectivity index (χ2v) is 6.45. The number of carbonyl (C=O) groups is 1. The molecular weight excluding hydrogens is 360 g/mol. The van der Waals surface area contributed by atoms with Gasteiger partial charge in [-0.05, 0) is 36.8 Å². The monoisotopic (exact) mass is 380 g/mol. The van der Waals surface area contributed by atoms with Gasteiger partial charge in [0.25, 0.3) is 0 Å². The summed E-state index contributed by atoms with van der Waals surface area (Å²) < 4.78 is 17.8. The van der Waals surface area contributed by atoms with Crippen molar-refractivity contribution in [2.45, 2.75) is 13.0 Å². The van der Waals surface area contributed by atoms with Gasteiger partial charge in [0.05, 0.1) is 30.3 Å². The van der Waals surface area contributed by atoms with Crippen LogP contribution in [0.4, 0.5) is 0 Å². The maximum atomic E-state index is 12.3. The minimum atomic E-state index is -0.409. The summed E-state index contributed by atoms with van der Waals surface area (Å²) in [5.74, 6) is 0.966. The number of hydrogen-bond donors (Lipinski definition) is 1. The molecule has 0 bridgehead atoms. The van der Waals surface area contributed by atoms with Crippen molar-refractivity contribution in [3.63, 3.8) is 0 Å². The van der Waals surface area contributed by atoms with E-state index < -0.39 is 5.97 Å². The Morgan fingerprint density at radius 2 is 2.11 bits per heavy atom. The second kappa shape index (κ2) is 7.64. The number of carbonyl (C=O) groups excluding carboxylic acids is 1. The average molecular weight is 380 g/mol. The Hall–Kier alpha value is -3.48. The number of rotatable bonds is 6.